The second-order valence-electron chi connectivity index (χ2n) is 7.03. The summed E-state index contributed by atoms with van der Waals surface area (Å²) >= 11 is 1.54. The summed E-state index contributed by atoms with van der Waals surface area (Å²) in [5.74, 6) is 1.58. The van der Waals surface area contributed by atoms with E-state index in [0.717, 1.165) is 39.9 Å². The van der Waals surface area contributed by atoms with Crippen LogP contribution in [0.4, 0.5) is 11.5 Å². The van der Waals surface area contributed by atoms with Crippen LogP contribution in [0.5, 0.6) is 5.75 Å². The highest BCUT2D eigenvalue weighted by Gasteiger charge is 2.18. The number of aromatic amines is 1. The van der Waals surface area contributed by atoms with Crippen molar-refractivity contribution in [3.8, 4) is 5.75 Å². The number of imidazole rings is 1. The van der Waals surface area contributed by atoms with Crippen molar-refractivity contribution in [2.45, 2.75) is 33.6 Å². The average Bonchev–Trinajstić information content (AvgIpc) is 3.23. The zero-order valence-corrected chi connectivity index (χ0v) is 18.1. The fourth-order valence-electron chi connectivity index (χ4n) is 3.10. The zero-order valence-electron chi connectivity index (χ0n) is 16.5. The second-order valence-corrected chi connectivity index (χ2v) is 10.2. The third kappa shape index (κ3) is 5.35. The van der Waals surface area contributed by atoms with E-state index in [1.54, 1.807) is 24.7 Å². The van der Waals surface area contributed by atoms with Gasteiger partial charge in [0.15, 0.2) is 9.84 Å². The van der Waals surface area contributed by atoms with Crippen LogP contribution in [0.25, 0.3) is 0 Å². The van der Waals surface area contributed by atoms with Crippen LogP contribution in [0.2, 0.25) is 0 Å². The van der Waals surface area contributed by atoms with Gasteiger partial charge in [-0.25, -0.2) is 13.4 Å². The summed E-state index contributed by atoms with van der Waals surface area (Å²) in [5.41, 5.74) is 0.887. The first-order valence-electron chi connectivity index (χ1n) is 9.59. The van der Waals surface area contributed by atoms with Crippen molar-refractivity contribution in [2.75, 3.05) is 24.8 Å². The number of rotatable bonds is 7. The molecule has 0 atom stereocenters. The van der Waals surface area contributed by atoms with Gasteiger partial charge >= 0.3 is 0 Å². The maximum absolute atomic E-state index is 11.7. The molecule has 1 saturated heterocycles. The highest BCUT2D eigenvalue weighted by molar-refractivity contribution is 7.99. The molecule has 2 heterocycles. The summed E-state index contributed by atoms with van der Waals surface area (Å²) < 4.78 is 35.2. The summed E-state index contributed by atoms with van der Waals surface area (Å²) in [5, 5.41) is 3.28. The second kappa shape index (κ2) is 9.11. The molecule has 1 fully saturated rings. The van der Waals surface area contributed by atoms with E-state index in [0.29, 0.717) is 18.1 Å². The summed E-state index contributed by atoms with van der Waals surface area (Å²) in [6, 6.07) is 12.8. The Bertz CT molecular complexity index is 1080. The molecule has 2 N–H and O–H groups in total. The minimum atomic E-state index is -3.21. The number of anilines is 2. The number of aromatic nitrogens is 2. The molecule has 4 rings (SSSR count). The van der Waals surface area contributed by atoms with E-state index in [4.69, 9.17) is 9.47 Å². The molecule has 1 aromatic heterocycles. The van der Waals surface area contributed by atoms with E-state index in [1.807, 2.05) is 30.3 Å². The van der Waals surface area contributed by atoms with Gasteiger partial charge in [-0.05, 0) is 36.4 Å². The maximum atomic E-state index is 11.7. The number of hydrogen-bond donors (Lipinski definition) is 2. The number of nitrogens with zero attached hydrogens (tertiary/aromatic N) is 1. The third-order valence-corrected chi connectivity index (χ3v) is 6.86. The van der Waals surface area contributed by atoms with Gasteiger partial charge in [-0.3, -0.25) is 0 Å². The lowest BCUT2D eigenvalue weighted by Gasteiger charge is -2.25. The van der Waals surface area contributed by atoms with Crippen molar-refractivity contribution < 1.29 is 17.9 Å². The largest absolute Gasteiger partial charge is 0.489 e. The van der Waals surface area contributed by atoms with Crippen LogP contribution >= 0.6 is 11.8 Å². The average molecular weight is 446 g/mol. The van der Waals surface area contributed by atoms with Crippen molar-refractivity contribution in [1.29, 1.82) is 0 Å². The Labute approximate surface area is 180 Å². The van der Waals surface area contributed by atoms with Crippen LogP contribution in [-0.4, -0.2) is 44.0 Å². The van der Waals surface area contributed by atoms with Gasteiger partial charge in [-0.1, -0.05) is 11.8 Å². The summed E-state index contributed by atoms with van der Waals surface area (Å²) in [6.45, 7) is 1.40. The van der Waals surface area contributed by atoms with Crippen LogP contribution in [0.1, 0.15) is 12.8 Å². The Hall–Kier alpha value is -2.49. The molecule has 1 aliphatic rings. The van der Waals surface area contributed by atoms with E-state index in [2.05, 4.69) is 15.3 Å². The molecular formula is C21H23N3O4S2. The van der Waals surface area contributed by atoms with Gasteiger partial charge in [-0.2, -0.15) is 0 Å². The van der Waals surface area contributed by atoms with Gasteiger partial charge in [0.2, 0.25) is 0 Å². The minimum Gasteiger partial charge on any atom is -0.489 e. The molecule has 0 aliphatic carbocycles. The van der Waals surface area contributed by atoms with E-state index in [1.165, 1.54) is 18.0 Å². The fourth-order valence-corrected chi connectivity index (χ4v) is 4.60. The van der Waals surface area contributed by atoms with Crippen LogP contribution < -0.4 is 10.1 Å². The van der Waals surface area contributed by atoms with Gasteiger partial charge < -0.3 is 19.8 Å². The third-order valence-electron chi connectivity index (χ3n) is 4.66. The Kier molecular flexibility index (Phi) is 6.31. The molecular weight excluding hydrogens is 422 g/mol. The summed E-state index contributed by atoms with van der Waals surface area (Å²) in [7, 11) is -3.21. The van der Waals surface area contributed by atoms with Gasteiger partial charge in [0.1, 0.15) is 17.7 Å². The van der Waals surface area contributed by atoms with Crippen molar-refractivity contribution in [2.24, 2.45) is 0 Å². The smallest absolute Gasteiger partial charge is 0.175 e. The van der Waals surface area contributed by atoms with E-state index < -0.39 is 9.84 Å². The molecule has 0 saturated carbocycles. The molecule has 158 valence electrons. The number of nitrogens with one attached hydrogen (secondary N) is 2. The van der Waals surface area contributed by atoms with Crippen LogP contribution in [-0.2, 0) is 14.6 Å². The molecule has 0 bridgehead atoms. The molecule has 9 heteroatoms. The maximum Gasteiger partial charge on any atom is 0.175 e. The lowest BCUT2D eigenvalue weighted by molar-refractivity contribution is 0.0245. The first kappa shape index (κ1) is 20.8. The van der Waals surface area contributed by atoms with Crippen molar-refractivity contribution in [1.82, 2.24) is 9.97 Å². The molecule has 7 nitrogen and oxygen atoms in total. The van der Waals surface area contributed by atoms with Crippen LogP contribution in [0.15, 0.2) is 69.7 Å². The molecule has 30 heavy (non-hydrogen) atoms. The number of benzene rings is 2. The van der Waals surface area contributed by atoms with Crippen molar-refractivity contribution in [3.63, 3.8) is 0 Å². The number of hydrogen-bond acceptors (Lipinski definition) is 7. The number of H-pyrrole nitrogens is 1. The highest BCUT2D eigenvalue weighted by Crippen LogP contribution is 2.38. The summed E-state index contributed by atoms with van der Waals surface area (Å²) in [4.78, 5) is 9.26. The Balaban J connectivity index is 1.58. The Morgan fingerprint density at radius 3 is 2.60 bits per heavy atom. The highest BCUT2D eigenvalue weighted by atomic mass is 32.2. The molecule has 0 unspecified atom stereocenters. The molecule has 1 aliphatic heterocycles. The standard InChI is InChI=1S/C21H23N3O4S2/c1-30(25,26)18-5-3-17(4-6-18)29-20-7-2-15(24-21-13-22-14-23-21)12-19(20)28-16-8-10-27-11-9-16/h2-7,12-14,16,24H,8-11H2,1H3,(H,22,23). The topological polar surface area (TPSA) is 93.3 Å². The predicted molar refractivity (Wildman–Crippen MR) is 116 cm³/mol. The predicted octanol–water partition coefficient (Wildman–Crippen LogP) is 4.27. The zero-order chi connectivity index (χ0) is 21.0. The normalized spacial score (nSPS) is 15.1. The number of ether oxygens (including phenoxy) is 2. The lowest BCUT2D eigenvalue weighted by Crippen LogP contribution is -2.26. The first-order chi connectivity index (χ1) is 14.5. The van der Waals surface area contributed by atoms with Crippen molar-refractivity contribution >= 4 is 33.1 Å². The summed E-state index contributed by atoms with van der Waals surface area (Å²) in [6.07, 6.45) is 6.35. The van der Waals surface area contributed by atoms with Gasteiger partial charge in [0.25, 0.3) is 0 Å². The van der Waals surface area contributed by atoms with E-state index >= 15 is 0 Å². The lowest BCUT2D eigenvalue weighted by atomic mass is 10.1. The SMILES string of the molecule is CS(=O)(=O)c1ccc(Sc2ccc(Nc3cnc[nH]3)cc2OC2CCOCC2)cc1. The fraction of sp³-hybridized carbons (Fsp3) is 0.286. The number of sulfone groups is 1. The van der Waals surface area contributed by atoms with E-state index in [-0.39, 0.29) is 6.10 Å². The molecule has 0 radical (unpaired) electrons. The van der Waals surface area contributed by atoms with Gasteiger partial charge in [-0.15, -0.1) is 0 Å². The van der Waals surface area contributed by atoms with Gasteiger partial charge in [0, 0.05) is 35.7 Å². The minimum absolute atomic E-state index is 0.105. The van der Waals surface area contributed by atoms with E-state index in [9.17, 15) is 8.42 Å². The quantitative estimate of drug-likeness (QED) is 0.561. The first-order valence-corrected chi connectivity index (χ1v) is 12.3. The monoisotopic (exact) mass is 445 g/mol. The Morgan fingerprint density at radius 1 is 1.17 bits per heavy atom. The molecule has 3 aromatic rings. The molecule has 0 amide bonds. The molecule has 2 aromatic carbocycles. The molecule has 0 spiro atoms. The van der Waals surface area contributed by atoms with Crippen molar-refractivity contribution in [3.05, 3.63) is 55.0 Å². The Morgan fingerprint density at radius 2 is 1.93 bits per heavy atom. The van der Waals surface area contributed by atoms with Crippen LogP contribution in [0, 0.1) is 0 Å². The van der Waals surface area contributed by atoms with Crippen LogP contribution in [0.3, 0.4) is 0 Å². The van der Waals surface area contributed by atoms with Gasteiger partial charge in [0.05, 0.1) is 35.5 Å².